The van der Waals surface area contributed by atoms with E-state index in [1.54, 1.807) is 0 Å². The van der Waals surface area contributed by atoms with Crippen molar-refractivity contribution in [3.8, 4) is 0 Å². The molecular formula is C5H11N5. The number of hydrogen-bond donors (Lipinski definition) is 3. The van der Waals surface area contributed by atoms with E-state index >= 15 is 0 Å². The highest BCUT2D eigenvalue weighted by Crippen LogP contribution is 2.17. The van der Waals surface area contributed by atoms with Gasteiger partial charge < -0.3 is 11.2 Å². The number of nitrogens with two attached hydrogens (primary N) is 1. The molecule has 1 unspecified atom stereocenters. The molecule has 0 saturated carbocycles. The minimum atomic E-state index is 0.555. The highest BCUT2D eigenvalue weighted by molar-refractivity contribution is 4.97. The van der Waals surface area contributed by atoms with E-state index in [1.807, 2.05) is 0 Å². The largest absolute Gasteiger partial charge is 0.316 e. The zero-order valence-corrected chi connectivity index (χ0v) is 5.67. The Morgan fingerprint density at radius 2 is 2.50 bits per heavy atom. The molecule has 1 fully saturated rings. The van der Waals surface area contributed by atoms with Gasteiger partial charge in [-0.25, -0.2) is 5.10 Å². The van der Waals surface area contributed by atoms with Crippen molar-refractivity contribution >= 4 is 0 Å². The van der Waals surface area contributed by atoms with Crippen molar-refractivity contribution in [2.45, 2.75) is 12.3 Å². The number of rotatable bonds is 1. The van der Waals surface area contributed by atoms with Crippen LogP contribution in [0.4, 0.5) is 0 Å². The van der Waals surface area contributed by atoms with Gasteiger partial charge in [0.2, 0.25) is 0 Å². The van der Waals surface area contributed by atoms with Gasteiger partial charge in [-0.2, -0.15) is 0 Å². The summed E-state index contributed by atoms with van der Waals surface area (Å²) < 4.78 is 0. The third kappa shape index (κ3) is 0.786. The van der Waals surface area contributed by atoms with Crippen molar-refractivity contribution in [2.75, 3.05) is 18.9 Å². The molecule has 56 valence electrons. The first kappa shape index (κ1) is 5.79. The average Bonchev–Trinajstić information content (AvgIpc) is 2.31. The number of hydrogen-bond acceptors (Lipinski definition) is 3. The van der Waals surface area contributed by atoms with E-state index in [-0.39, 0.29) is 0 Å². The zero-order valence-electron chi connectivity index (χ0n) is 5.67. The molecular weight excluding hydrogens is 130 g/mol. The molecule has 0 bridgehead atoms. The van der Waals surface area contributed by atoms with Crippen LogP contribution in [0.25, 0.3) is 0 Å². The van der Waals surface area contributed by atoms with E-state index in [4.69, 9.17) is 5.84 Å². The summed E-state index contributed by atoms with van der Waals surface area (Å²) in [5, 5.41) is 10.1. The molecule has 1 aliphatic heterocycles. The number of H-pyrrole nitrogens is 1. The van der Waals surface area contributed by atoms with Crippen LogP contribution in [-0.4, -0.2) is 28.2 Å². The van der Waals surface area contributed by atoms with Gasteiger partial charge >= 0.3 is 0 Å². The van der Waals surface area contributed by atoms with Gasteiger partial charge in [-0.05, 0) is 13.0 Å². The van der Waals surface area contributed by atoms with Gasteiger partial charge in [0.25, 0.3) is 0 Å². The van der Waals surface area contributed by atoms with Crippen LogP contribution in [0.1, 0.15) is 18.2 Å². The summed E-state index contributed by atoms with van der Waals surface area (Å²) in [6.45, 7) is 2.12. The summed E-state index contributed by atoms with van der Waals surface area (Å²) in [6, 6.07) is 0. The zero-order chi connectivity index (χ0) is 6.97. The number of aromatic amines is 1. The lowest BCUT2D eigenvalue weighted by atomic mass is 10.1. The lowest BCUT2D eigenvalue weighted by Crippen LogP contribution is -2.28. The molecule has 5 heteroatoms. The van der Waals surface area contributed by atoms with Crippen LogP contribution < -0.4 is 11.2 Å². The molecule has 0 amide bonds. The van der Waals surface area contributed by atoms with Crippen molar-refractivity contribution in [1.29, 1.82) is 0 Å². The molecule has 1 aromatic rings. The maximum Gasteiger partial charge on any atom is 0.152 e. The van der Waals surface area contributed by atoms with E-state index in [9.17, 15) is 0 Å². The first-order valence-corrected chi connectivity index (χ1v) is 3.47. The molecule has 2 rings (SSSR count). The summed E-state index contributed by atoms with van der Waals surface area (Å²) in [7, 11) is 0. The fraction of sp³-hybridized carbons (Fsp3) is 0.800. The summed E-state index contributed by atoms with van der Waals surface area (Å²) in [4.78, 5) is 1.24. The smallest absolute Gasteiger partial charge is 0.152 e. The van der Waals surface area contributed by atoms with Crippen LogP contribution in [0.15, 0.2) is 0 Å². The summed E-state index contributed by atoms with van der Waals surface area (Å²) in [5.41, 5.74) is 0. The Bertz CT molecular complexity index is 194. The highest BCUT2D eigenvalue weighted by Gasteiger charge is 2.20. The normalized spacial score (nSPS) is 25.8. The molecule has 1 saturated heterocycles. The van der Waals surface area contributed by atoms with Gasteiger partial charge in [-0.1, -0.05) is 0 Å². The van der Waals surface area contributed by atoms with Crippen LogP contribution in [-0.2, 0) is 0 Å². The van der Waals surface area contributed by atoms with Crippen LogP contribution in [0.2, 0.25) is 0 Å². The van der Waals surface area contributed by atoms with Gasteiger partial charge in [0.15, 0.2) is 5.82 Å². The Kier molecular flexibility index (Phi) is 1.17. The third-order valence-electron chi connectivity index (χ3n) is 1.89. The van der Waals surface area contributed by atoms with E-state index in [0.29, 0.717) is 5.92 Å². The van der Waals surface area contributed by atoms with Crippen LogP contribution >= 0.6 is 0 Å². The number of aromatic nitrogens is 3. The number of nitrogens with zero attached hydrogens (tertiary/aromatic N) is 2. The first-order chi connectivity index (χ1) is 4.86. The molecule has 0 aliphatic carbocycles. The van der Waals surface area contributed by atoms with E-state index in [1.165, 1.54) is 11.3 Å². The van der Waals surface area contributed by atoms with Crippen LogP contribution in [0.5, 0.6) is 0 Å². The topological polar surface area (TPSA) is 71.7 Å². The minimum Gasteiger partial charge on any atom is -0.316 e. The maximum absolute atomic E-state index is 5.25. The van der Waals surface area contributed by atoms with Crippen molar-refractivity contribution in [2.24, 2.45) is 0 Å². The Labute approximate surface area is 58.5 Å². The van der Waals surface area contributed by atoms with Crippen molar-refractivity contribution in [1.82, 2.24) is 20.4 Å². The maximum atomic E-state index is 5.25. The van der Waals surface area contributed by atoms with Gasteiger partial charge in [-0.15, -0.1) is 10.0 Å². The monoisotopic (exact) mass is 141 g/mol. The quantitative estimate of drug-likeness (QED) is 0.439. The fourth-order valence-electron chi connectivity index (χ4n) is 1.30. The van der Waals surface area contributed by atoms with Gasteiger partial charge in [0, 0.05) is 12.5 Å². The van der Waals surface area contributed by atoms with E-state index in [2.05, 4.69) is 15.5 Å². The van der Waals surface area contributed by atoms with Crippen LogP contribution in [0.3, 0.4) is 0 Å². The molecule has 2 heterocycles. The second-order valence-corrected chi connectivity index (χ2v) is 2.63. The van der Waals surface area contributed by atoms with Crippen molar-refractivity contribution in [3.05, 3.63) is 5.82 Å². The highest BCUT2D eigenvalue weighted by atomic mass is 15.7. The SMILES string of the molecule is Nn1nc(C2CCNC2)[nH]1. The Morgan fingerprint density at radius 1 is 1.70 bits per heavy atom. The standard InChI is InChI=1S/C5H11N5/c6-10-8-5(9-10)4-1-2-7-3-4/h4,7H,1-3,6H2,(H,8,9). The molecule has 4 N–H and O–H groups in total. The first-order valence-electron chi connectivity index (χ1n) is 3.47. The van der Waals surface area contributed by atoms with Crippen molar-refractivity contribution in [3.63, 3.8) is 0 Å². The second kappa shape index (κ2) is 2.02. The number of nitrogen functional groups attached to an aromatic ring is 1. The predicted octanol–water partition coefficient (Wildman–Crippen LogP) is -0.998. The lowest BCUT2D eigenvalue weighted by molar-refractivity contribution is 0.493. The molecule has 0 radical (unpaired) electrons. The van der Waals surface area contributed by atoms with E-state index < -0.39 is 0 Å². The summed E-state index contributed by atoms with van der Waals surface area (Å²) in [5.74, 6) is 6.83. The fourth-order valence-corrected chi connectivity index (χ4v) is 1.30. The molecule has 10 heavy (non-hydrogen) atoms. The molecule has 0 spiro atoms. The summed E-state index contributed by atoms with van der Waals surface area (Å²) in [6.07, 6.45) is 1.17. The lowest BCUT2D eigenvalue weighted by Gasteiger charge is -2.12. The van der Waals surface area contributed by atoms with E-state index in [0.717, 1.165) is 18.9 Å². The Hall–Kier alpha value is -0.970. The predicted molar refractivity (Wildman–Crippen MR) is 37.0 cm³/mol. The molecule has 1 atom stereocenters. The molecule has 0 aromatic carbocycles. The van der Waals surface area contributed by atoms with Gasteiger partial charge in [0.05, 0.1) is 0 Å². The van der Waals surface area contributed by atoms with Gasteiger partial charge in [0.1, 0.15) is 0 Å². The molecule has 5 nitrogen and oxygen atoms in total. The summed E-state index contributed by atoms with van der Waals surface area (Å²) >= 11 is 0. The third-order valence-corrected chi connectivity index (χ3v) is 1.89. The molecule has 1 aliphatic rings. The minimum absolute atomic E-state index is 0.555. The average molecular weight is 141 g/mol. The molecule has 1 aromatic heterocycles. The Balaban J connectivity index is 2.02. The van der Waals surface area contributed by atoms with Crippen LogP contribution in [0, 0.1) is 0 Å². The Morgan fingerprint density at radius 3 is 3.00 bits per heavy atom. The number of nitrogens with one attached hydrogen (secondary N) is 2. The second-order valence-electron chi connectivity index (χ2n) is 2.63. The van der Waals surface area contributed by atoms with Crippen molar-refractivity contribution < 1.29 is 0 Å². The van der Waals surface area contributed by atoms with Gasteiger partial charge in [-0.3, -0.25) is 0 Å².